The van der Waals surface area contributed by atoms with Crippen molar-refractivity contribution in [2.45, 2.75) is 32.4 Å². The minimum atomic E-state index is -0.786. The molecule has 0 aliphatic carbocycles. The molecule has 1 unspecified atom stereocenters. The Labute approximate surface area is 99.9 Å². The van der Waals surface area contributed by atoms with Gasteiger partial charge in [-0.3, -0.25) is 4.68 Å². The van der Waals surface area contributed by atoms with E-state index in [1.165, 1.54) is 0 Å². The van der Waals surface area contributed by atoms with Crippen LogP contribution < -0.4 is 5.32 Å². The predicted molar refractivity (Wildman–Crippen MR) is 61.4 cm³/mol. The molecule has 17 heavy (non-hydrogen) atoms. The van der Waals surface area contributed by atoms with E-state index >= 15 is 0 Å². The van der Waals surface area contributed by atoms with Crippen molar-refractivity contribution in [1.82, 2.24) is 15.1 Å². The maximum absolute atomic E-state index is 11.5. The van der Waals surface area contributed by atoms with Gasteiger partial charge in [0.15, 0.2) is 0 Å². The van der Waals surface area contributed by atoms with E-state index in [0.717, 1.165) is 0 Å². The lowest BCUT2D eigenvalue weighted by molar-refractivity contribution is -0.109. The summed E-state index contributed by atoms with van der Waals surface area (Å²) in [7, 11) is 1.73. The van der Waals surface area contributed by atoms with Gasteiger partial charge in [0.2, 0.25) is 0 Å². The molecule has 1 N–H and O–H groups in total. The summed E-state index contributed by atoms with van der Waals surface area (Å²) in [5, 5.41) is 6.49. The van der Waals surface area contributed by atoms with E-state index in [2.05, 4.69) is 10.4 Å². The van der Waals surface area contributed by atoms with Gasteiger partial charge in [0.1, 0.15) is 17.9 Å². The van der Waals surface area contributed by atoms with Crippen molar-refractivity contribution in [3.63, 3.8) is 0 Å². The van der Waals surface area contributed by atoms with Crippen LogP contribution in [0.25, 0.3) is 0 Å². The molecule has 0 aromatic carbocycles. The first-order valence-corrected chi connectivity index (χ1v) is 5.26. The number of ether oxygens (including phenoxy) is 1. The van der Waals surface area contributed by atoms with E-state index < -0.39 is 17.7 Å². The van der Waals surface area contributed by atoms with Gasteiger partial charge in [-0.1, -0.05) is 0 Å². The third-order valence-corrected chi connectivity index (χ3v) is 1.86. The van der Waals surface area contributed by atoms with Gasteiger partial charge in [-0.15, -0.1) is 0 Å². The lowest BCUT2D eigenvalue weighted by atomic mass is 10.2. The molecule has 1 heterocycles. The van der Waals surface area contributed by atoms with Crippen molar-refractivity contribution in [2.24, 2.45) is 7.05 Å². The maximum atomic E-state index is 11.5. The van der Waals surface area contributed by atoms with E-state index in [-0.39, 0.29) is 0 Å². The van der Waals surface area contributed by atoms with Gasteiger partial charge in [-0.05, 0) is 26.8 Å². The molecule has 0 spiro atoms. The second kappa shape index (κ2) is 4.99. The summed E-state index contributed by atoms with van der Waals surface area (Å²) in [6, 6.07) is 0.877. The first-order chi connectivity index (χ1) is 7.81. The van der Waals surface area contributed by atoms with Gasteiger partial charge in [0.25, 0.3) is 0 Å². The fraction of sp³-hybridized carbons (Fsp3) is 0.545. The highest BCUT2D eigenvalue weighted by molar-refractivity contribution is 5.74. The highest BCUT2D eigenvalue weighted by atomic mass is 16.6. The summed E-state index contributed by atoms with van der Waals surface area (Å²) in [6.45, 7) is 5.26. The number of rotatable bonds is 3. The predicted octanol–water partition coefficient (Wildman–Crippen LogP) is 1.18. The quantitative estimate of drug-likeness (QED) is 0.804. The van der Waals surface area contributed by atoms with Crippen LogP contribution in [0.5, 0.6) is 0 Å². The molecule has 0 saturated carbocycles. The van der Waals surface area contributed by atoms with Crippen molar-refractivity contribution >= 4 is 12.4 Å². The average Bonchev–Trinajstić information content (AvgIpc) is 2.58. The average molecular weight is 239 g/mol. The van der Waals surface area contributed by atoms with Crippen molar-refractivity contribution in [2.75, 3.05) is 0 Å². The molecule has 0 aliphatic rings. The molecule has 0 bridgehead atoms. The molecule has 6 heteroatoms. The van der Waals surface area contributed by atoms with Crippen LogP contribution in [0, 0.1) is 0 Å². The van der Waals surface area contributed by atoms with Crippen LogP contribution >= 0.6 is 0 Å². The molecule has 1 amide bonds. The topological polar surface area (TPSA) is 73.2 Å². The lowest BCUT2D eigenvalue weighted by Gasteiger charge is -2.20. The Hall–Kier alpha value is -1.85. The number of amides is 1. The molecular weight excluding hydrogens is 222 g/mol. The summed E-state index contributed by atoms with van der Waals surface area (Å²) < 4.78 is 6.61. The van der Waals surface area contributed by atoms with Gasteiger partial charge < -0.3 is 14.8 Å². The van der Waals surface area contributed by atoms with Crippen molar-refractivity contribution in [1.29, 1.82) is 0 Å². The van der Waals surface area contributed by atoms with Crippen LogP contribution in [0.1, 0.15) is 32.5 Å². The minimum absolute atomic E-state index is 0.480. The second-order valence-corrected chi connectivity index (χ2v) is 4.67. The molecule has 1 aromatic heterocycles. The number of hydrogen-bond acceptors (Lipinski definition) is 4. The Morgan fingerprint density at radius 2 is 2.24 bits per heavy atom. The number of nitrogens with zero attached hydrogens (tertiary/aromatic N) is 2. The summed E-state index contributed by atoms with van der Waals surface area (Å²) in [5.74, 6) is 0. The Morgan fingerprint density at radius 1 is 1.59 bits per heavy atom. The number of hydrogen-bond donors (Lipinski definition) is 1. The summed E-state index contributed by atoms with van der Waals surface area (Å²) in [5.41, 5.74) is -0.116. The number of aldehydes is 1. The van der Waals surface area contributed by atoms with Gasteiger partial charge >= 0.3 is 6.09 Å². The number of aromatic nitrogens is 2. The molecule has 0 fully saturated rings. The van der Waals surface area contributed by atoms with Crippen LogP contribution in [-0.2, 0) is 16.6 Å². The first-order valence-electron chi connectivity index (χ1n) is 5.26. The van der Waals surface area contributed by atoms with E-state index in [9.17, 15) is 9.59 Å². The zero-order valence-electron chi connectivity index (χ0n) is 10.4. The lowest BCUT2D eigenvalue weighted by Crippen LogP contribution is -2.35. The van der Waals surface area contributed by atoms with E-state index in [4.69, 9.17) is 4.74 Å². The van der Waals surface area contributed by atoms with Gasteiger partial charge in [0, 0.05) is 13.2 Å². The minimum Gasteiger partial charge on any atom is -0.444 e. The largest absolute Gasteiger partial charge is 0.444 e. The SMILES string of the molecule is Cn1ccc(C(C=O)NC(=O)OC(C)(C)C)n1. The number of carbonyl (C=O) groups is 2. The van der Waals surface area contributed by atoms with E-state index in [1.54, 1.807) is 44.8 Å². The number of nitrogens with one attached hydrogen (secondary N) is 1. The Balaban J connectivity index is 2.65. The van der Waals surface area contributed by atoms with Crippen LogP contribution in [-0.4, -0.2) is 27.8 Å². The Morgan fingerprint density at radius 3 is 2.65 bits per heavy atom. The molecule has 6 nitrogen and oxygen atoms in total. The van der Waals surface area contributed by atoms with Crippen LogP contribution in [0.15, 0.2) is 12.3 Å². The Bertz CT molecular complexity index is 406. The number of carbonyl (C=O) groups excluding carboxylic acids is 2. The molecule has 94 valence electrons. The zero-order valence-corrected chi connectivity index (χ0v) is 10.4. The molecule has 0 aliphatic heterocycles. The van der Waals surface area contributed by atoms with Gasteiger partial charge in [0.05, 0.1) is 5.69 Å². The summed E-state index contributed by atoms with van der Waals surface area (Å²) in [6.07, 6.45) is 1.68. The maximum Gasteiger partial charge on any atom is 0.408 e. The zero-order chi connectivity index (χ0) is 13.1. The van der Waals surface area contributed by atoms with Crippen molar-refractivity contribution in [3.05, 3.63) is 18.0 Å². The van der Waals surface area contributed by atoms with E-state index in [1.807, 2.05) is 0 Å². The van der Waals surface area contributed by atoms with E-state index in [0.29, 0.717) is 12.0 Å². The third kappa shape index (κ3) is 4.26. The van der Waals surface area contributed by atoms with Crippen molar-refractivity contribution in [3.8, 4) is 0 Å². The van der Waals surface area contributed by atoms with Gasteiger partial charge in [-0.2, -0.15) is 5.10 Å². The smallest absolute Gasteiger partial charge is 0.408 e. The molecule has 0 radical (unpaired) electrons. The van der Waals surface area contributed by atoms with Crippen LogP contribution in [0.3, 0.4) is 0 Å². The second-order valence-electron chi connectivity index (χ2n) is 4.67. The standard InChI is InChI=1S/C11H17N3O3/c1-11(2,3)17-10(16)12-9(7-15)8-5-6-14(4)13-8/h5-7,9H,1-4H3,(H,12,16). The fourth-order valence-corrected chi connectivity index (χ4v) is 1.21. The molecular formula is C11H17N3O3. The highest BCUT2D eigenvalue weighted by Crippen LogP contribution is 2.10. The molecule has 1 rings (SSSR count). The van der Waals surface area contributed by atoms with Gasteiger partial charge in [-0.25, -0.2) is 4.79 Å². The van der Waals surface area contributed by atoms with Crippen molar-refractivity contribution < 1.29 is 14.3 Å². The summed E-state index contributed by atoms with van der Waals surface area (Å²) >= 11 is 0. The fourth-order valence-electron chi connectivity index (χ4n) is 1.21. The first kappa shape index (κ1) is 13.2. The monoisotopic (exact) mass is 239 g/mol. The normalized spacial score (nSPS) is 12.9. The molecule has 0 saturated heterocycles. The third-order valence-electron chi connectivity index (χ3n) is 1.86. The Kier molecular flexibility index (Phi) is 3.88. The van der Waals surface area contributed by atoms with Crippen LogP contribution in [0.2, 0.25) is 0 Å². The molecule has 1 atom stereocenters. The number of aryl methyl sites for hydroxylation is 1. The summed E-state index contributed by atoms with van der Waals surface area (Å²) in [4.78, 5) is 22.4. The number of alkyl carbamates (subject to hydrolysis) is 1. The molecule has 1 aromatic rings. The highest BCUT2D eigenvalue weighted by Gasteiger charge is 2.21. The van der Waals surface area contributed by atoms with Crippen LogP contribution in [0.4, 0.5) is 4.79 Å².